The van der Waals surface area contributed by atoms with Gasteiger partial charge in [-0.3, -0.25) is 4.79 Å². The molecule has 11 heteroatoms. The smallest absolute Gasteiger partial charge is 0.274 e. The third kappa shape index (κ3) is 3.15. The van der Waals surface area contributed by atoms with E-state index in [9.17, 15) is 13.2 Å². The molecule has 2 aromatic heterocycles. The lowest BCUT2D eigenvalue weighted by molar-refractivity contribution is 0.0299. The van der Waals surface area contributed by atoms with Crippen molar-refractivity contribution in [2.45, 2.75) is 31.8 Å². The summed E-state index contributed by atoms with van der Waals surface area (Å²) in [6, 6.07) is 0. The number of hydrogen-bond acceptors (Lipinski definition) is 7. The van der Waals surface area contributed by atoms with Gasteiger partial charge in [-0.25, -0.2) is 13.4 Å². The summed E-state index contributed by atoms with van der Waals surface area (Å²) in [4.78, 5) is 18.8. The van der Waals surface area contributed by atoms with Gasteiger partial charge in [-0.05, 0) is 13.8 Å². The molecule has 0 atom stereocenters. The summed E-state index contributed by atoms with van der Waals surface area (Å²) in [5.41, 5.74) is 0.674. The van der Waals surface area contributed by atoms with Crippen molar-refractivity contribution >= 4 is 15.9 Å². The van der Waals surface area contributed by atoms with Crippen LogP contribution in [0.15, 0.2) is 15.6 Å². The first kappa shape index (κ1) is 18.1. The largest absolute Gasteiger partial charge is 0.378 e. The molecule has 4 rings (SSSR count). The number of hydrogen-bond donors (Lipinski definition) is 0. The molecule has 1 amide bonds. The number of imidazole rings is 1. The third-order valence-electron chi connectivity index (χ3n) is 4.85. The summed E-state index contributed by atoms with van der Waals surface area (Å²) in [6.45, 7) is 6.11. The average Bonchev–Trinajstić information content (AvgIpc) is 3.24. The van der Waals surface area contributed by atoms with E-state index in [-0.39, 0.29) is 23.1 Å². The van der Waals surface area contributed by atoms with Gasteiger partial charge in [-0.2, -0.15) is 4.31 Å². The summed E-state index contributed by atoms with van der Waals surface area (Å²) in [5.74, 6) is 0.665. The van der Waals surface area contributed by atoms with Gasteiger partial charge in [-0.15, -0.1) is 0 Å². The van der Waals surface area contributed by atoms with Gasteiger partial charge in [0.1, 0.15) is 22.1 Å². The number of morpholine rings is 1. The molecule has 1 saturated heterocycles. The molecule has 2 aromatic rings. The summed E-state index contributed by atoms with van der Waals surface area (Å²) >= 11 is 0. The maximum atomic E-state index is 13.0. The van der Waals surface area contributed by atoms with Crippen LogP contribution in [0.3, 0.4) is 0 Å². The van der Waals surface area contributed by atoms with Crippen LogP contribution in [0.25, 0.3) is 0 Å². The number of amides is 1. The van der Waals surface area contributed by atoms with Crippen LogP contribution in [0.5, 0.6) is 0 Å². The van der Waals surface area contributed by atoms with Crippen LogP contribution in [0, 0.1) is 13.8 Å². The molecule has 2 aliphatic heterocycles. The van der Waals surface area contributed by atoms with Gasteiger partial charge in [-0.1, -0.05) is 5.16 Å². The Morgan fingerprint density at radius 2 is 1.89 bits per heavy atom. The maximum absolute atomic E-state index is 13.0. The van der Waals surface area contributed by atoms with E-state index in [1.807, 2.05) is 4.57 Å². The second kappa shape index (κ2) is 6.73. The first-order valence-corrected chi connectivity index (χ1v) is 10.2. The molecule has 0 bridgehead atoms. The van der Waals surface area contributed by atoms with E-state index in [4.69, 9.17) is 9.26 Å². The standard InChI is InChI=1S/C16H21N5O5S/c1-11-15(12(2)26-18-11)27(23,24)21-4-3-20-9-13(17-14(20)10-21)16(22)19-5-7-25-8-6-19/h9H,3-8,10H2,1-2H3. The molecule has 0 spiro atoms. The molecule has 146 valence electrons. The number of rotatable bonds is 3. The van der Waals surface area contributed by atoms with Crippen LogP contribution in [-0.2, 0) is 27.8 Å². The van der Waals surface area contributed by atoms with Gasteiger partial charge >= 0.3 is 0 Å². The minimum atomic E-state index is -3.74. The molecule has 2 aliphatic rings. The van der Waals surface area contributed by atoms with Crippen LogP contribution < -0.4 is 0 Å². The van der Waals surface area contributed by atoms with Crippen molar-refractivity contribution in [1.29, 1.82) is 0 Å². The molecule has 4 heterocycles. The Hall–Kier alpha value is -2.24. The number of ether oxygens (including phenoxy) is 1. The summed E-state index contributed by atoms with van der Waals surface area (Å²) in [6.07, 6.45) is 1.70. The zero-order valence-electron chi connectivity index (χ0n) is 15.2. The number of nitrogens with zero attached hydrogens (tertiary/aromatic N) is 5. The second-order valence-electron chi connectivity index (χ2n) is 6.63. The van der Waals surface area contributed by atoms with E-state index in [1.165, 1.54) is 4.31 Å². The fraction of sp³-hybridized carbons (Fsp3) is 0.562. The second-order valence-corrected chi connectivity index (χ2v) is 8.51. The van der Waals surface area contributed by atoms with E-state index >= 15 is 0 Å². The van der Waals surface area contributed by atoms with Gasteiger partial charge in [0.2, 0.25) is 10.0 Å². The molecule has 27 heavy (non-hydrogen) atoms. The monoisotopic (exact) mass is 395 g/mol. The first-order chi connectivity index (χ1) is 12.9. The van der Waals surface area contributed by atoms with Crippen molar-refractivity contribution in [3.63, 3.8) is 0 Å². The SMILES string of the molecule is Cc1noc(C)c1S(=O)(=O)N1CCn2cc(C(=O)N3CCOCC3)nc2C1. The van der Waals surface area contributed by atoms with Gasteiger partial charge < -0.3 is 18.7 Å². The van der Waals surface area contributed by atoms with Gasteiger partial charge in [0.15, 0.2) is 5.76 Å². The number of aromatic nitrogens is 3. The predicted octanol–water partition coefficient (Wildman–Crippen LogP) is 0.165. The molecule has 0 aliphatic carbocycles. The summed E-state index contributed by atoms with van der Waals surface area (Å²) in [5, 5.41) is 3.74. The lowest BCUT2D eigenvalue weighted by Crippen LogP contribution is -2.40. The van der Waals surface area contributed by atoms with Gasteiger partial charge in [0.25, 0.3) is 5.91 Å². The number of fused-ring (bicyclic) bond motifs is 1. The normalized spacial score (nSPS) is 18.5. The van der Waals surface area contributed by atoms with Crippen molar-refractivity contribution in [3.8, 4) is 0 Å². The van der Waals surface area contributed by atoms with Crippen molar-refractivity contribution in [2.24, 2.45) is 0 Å². The highest BCUT2D eigenvalue weighted by Crippen LogP contribution is 2.26. The number of sulfonamides is 1. The topological polar surface area (TPSA) is 111 Å². The van der Waals surface area contributed by atoms with E-state index in [0.29, 0.717) is 56.6 Å². The van der Waals surface area contributed by atoms with Crippen molar-refractivity contribution in [1.82, 2.24) is 23.9 Å². The zero-order valence-corrected chi connectivity index (χ0v) is 16.0. The summed E-state index contributed by atoms with van der Waals surface area (Å²) < 4.78 is 39.4. The van der Waals surface area contributed by atoms with Crippen LogP contribution in [0.2, 0.25) is 0 Å². The highest BCUT2D eigenvalue weighted by atomic mass is 32.2. The van der Waals surface area contributed by atoms with Crippen LogP contribution in [0.1, 0.15) is 27.8 Å². The number of carbonyl (C=O) groups is 1. The van der Waals surface area contributed by atoms with Crippen molar-refractivity contribution < 1.29 is 22.5 Å². The molecule has 0 saturated carbocycles. The first-order valence-electron chi connectivity index (χ1n) is 8.74. The molecule has 0 aromatic carbocycles. The van der Waals surface area contributed by atoms with E-state index < -0.39 is 10.0 Å². The Morgan fingerprint density at radius 3 is 2.56 bits per heavy atom. The Labute approximate surface area is 156 Å². The number of aryl methyl sites for hydroxylation is 2. The van der Waals surface area contributed by atoms with Crippen molar-refractivity contribution in [2.75, 3.05) is 32.8 Å². The van der Waals surface area contributed by atoms with Gasteiger partial charge in [0, 0.05) is 32.4 Å². The summed E-state index contributed by atoms with van der Waals surface area (Å²) in [7, 11) is -3.74. The van der Waals surface area contributed by atoms with Crippen molar-refractivity contribution in [3.05, 3.63) is 29.2 Å². The maximum Gasteiger partial charge on any atom is 0.274 e. The Kier molecular flexibility index (Phi) is 4.52. The van der Waals surface area contributed by atoms with Crippen LogP contribution in [-0.4, -0.2) is 71.1 Å². The lowest BCUT2D eigenvalue weighted by Gasteiger charge is -2.26. The minimum absolute atomic E-state index is 0.1000. The molecular weight excluding hydrogens is 374 g/mol. The third-order valence-corrected chi connectivity index (χ3v) is 6.94. The molecule has 10 nitrogen and oxygen atoms in total. The fourth-order valence-electron chi connectivity index (χ4n) is 3.44. The Bertz CT molecular complexity index is 954. The Balaban J connectivity index is 1.57. The molecular formula is C16H21N5O5S. The fourth-order valence-corrected chi connectivity index (χ4v) is 5.12. The number of carbonyl (C=O) groups excluding carboxylic acids is 1. The molecule has 0 unspecified atom stereocenters. The zero-order chi connectivity index (χ0) is 19.2. The lowest BCUT2D eigenvalue weighted by atomic mass is 10.3. The van der Waals surface area contributed by atoms with Crippen LogP contribution in [0.4, 0.5) is 0 Å². The van der Waals surface area contributed by atoms with Crippen LogP contribution >= 0.6 is 0 Å². The Morgan fingerprint density at radius 1 is 1.15 bits per heavy atom. The van der Waals surface area contributed by atoms with Gasteiger partial charge in [0.05, 0.1) is 19.8 Å². The van der Waals surface area contributed by atoms with E-state index in [0.717, 1.165) is 0 Å². The highest BCUT2D eigenvalue weighted by molar-refractivity contribution is 7.89. The quantitative estimate of drug-likeness (QED) is 0.728. The van der Waals surface area contributed by atoms with E-state index in [1.54, 1.807) is 24.9 Å². The molecule has 0 N–H and O–H groups in total. The molecule has 1 fully saturated rings. The highest BCUT2D eigenvalue weighted by Gasteiger charge is 2.34. The average molecular weight is 395 g/mol. The predicted molar refractivity (Wildman–Crippen MR) is 92.5 cm³/mol. The van der Waals surface area contributed by atoms with E-state index in [2.05, 4.69) is 10.1 Å². The minimum Gasteiger partial charge on any atom is -0.378 e. The molecule has 0 radical (unpaired) electrons.